The molecule has 0 N–H and O–H groups in total. The summed E-state index contributed by atoms with van der Waals surface area (Å²) in [5.41, 5.74) is -0.532. The molecule has 0 saturated carbocycles. The number of aromatic nitrogens is 3. The topological polar surface area (TPSA) is 68.1 Å². The van der Waals surface area contributed by atoms with Crippen LogP contribution in [0.4, 0.5) is 13.2 Å². The average Bonchev–Trinajstić information content (AvgIpc) is 3.20. The minimum Gasteiger partial charge on any atom is -0.342 e. The molecular formula is C19H21F3N4O2. The molecule has 1 fully saturated rings. The van der Waals surface area contributed by atoms with Crippen LogP contribution in [0.25, 0.3) is 0 Å². The smallest absolute Gasteiger partial charge is 0.342 e. The van der Waals surface area contributed by atoms with E-state index in [1.165, 1.54) is 18.5 Å². The van der Waals surface area contributed by atoms with Crippen molar-refractivity contribution in [2.24, 2.45) is 5.92 Å². The molecule has 28 heavy (non-hydrogen) atoms. The number of halogens is 3. The van der Waals surface area contributed by atoms with Crippen molar-refractivity contribution >= 4 is 11.7 Å². The van der Waals surface area contributed by atoms with E-state index in [-0.39, 0.29) is 23.2 Å². The molecule has 2 aromatic rings. The Morgan fingerprint density at radius 2 is 1.93 bits per heavy atom. The Morgan fingerprint density at radius 1 is 1.18 bits per heavy atom. The number of aryl methyl sites for hydroxylation is 1. The molecule has 6 nitrogen and oxygen atoms in total. The summed E-state index contributed by atoms with van der Waals surface area (Å²) in [4.78, 5) is 30.6. The van der Waals surface area contributed by atoms with Gasteiger partial charge in [-0.25, -0.2) is 4.98 Å². The second-order valence-electron chi connectivity index (χ2n) is 6.88. The predicted molar refractivity (Wildman–Crippen MR) is 94.3 cm³/mol. The van der Waals surface area contributed by atoms with Crippen LogP contribution in [0.1, 0.15) is 41.6 Å². The molecule has 9 heteroatoms. The number of nitrogens with zero attached hydrogens (tertiary/aromatic N) is 4. The number of Topliss-reactive ketones (excluding diaryl/α,β-unsaturated/α-hetero) is 1. The van der Waals surface area contributed by atoms with Gasteiger partial charge in [0.1, 0.15) is 12.7 Å². The Labute approximate surface area is 160 Å². The van der Waals surface area contributed by atoms with Gasteiger partial charge in [-0.15, -0.1) is 0 Å². The van der Waals surface area contributed by atoms with Crippen molar-refractivity contribution in [3.63, 3.8) is 0 Å². The Morgan fingerprint density at radius 3 is 2.57 bits per heavy atom. The molecule has 0 bridgehead atoms. The first-order valence-corrected chi connectivity index (χ1v) is 9.16. The monoisotopic (exact) mass is 394 g/mol. The molecule has 1 saturated heterocycles. The summed E-state index contributed by atoms with van der Waals surface area (Å²) in [6.45, 7) is 1.49. The molecule has 2 heterocycles. The lowest BCUT2D eigenvalue weighted by Gasteiger charge is -2.32. The van der Waals surface area contributed by atoms with Crippen molar-refractivity contribution < 1.29 is 22.8 Å². The van der Waals surface area contributed by atoms with Crippen LogP contribution in [0, 0.1) is 5.92 Å². The lowest BCUT2D eigenvalue weighted by Crippen LogP contribution is -2.42. The summed E-state index contributed by atoms with van der Waals surface area (Å²) < 4.78 is 39.7. The SMILES string of the molecule is O=C(c1ccc(C(F)(F)F)cc1)[C@H]1CCCN(C(=O)CCCn2cncn2)C1. The molecule has 1 aliphatic heterocycles. The highest BCUT2D eigenvalue weighted by Crippen LogP contribution is 2.30. The summed E-state index contributed by atoms with van der Waals surface area (Å²) >= 11 is 0. The molecule has 150 valence electrons. The van der Waals surface area contributed by atoms with Gasteiger partial charge in [0.05, 0.1) is 5.56 Å². The Bertz CT molecular complexity index is 804. The minimum atomic E-state index is -4.43. The van der Waals surface area contributed by atoms with Crippen molar-refractivity contribution in [2.75, 3.05) is 13.1 Å². The zero-order chi connectivity index (χ0) is 20.1. The number of ketones is 1. The standard InChI is InChI=1S/C19H21F3N4O2/c20-19(21,22)16-7-5-14(6-8-16)18(28)15-3-1-9-25(11-15)17(27)4-2-10-26-13-23-12-24-26/h5-8,12-13,15H,1-4,9-11H2/t15-/m0/s1. The maximum absolute atomic E-state index is 12.7. The average molecular weight is 394 g/mol. The lowest BCUT2D eigenvalue weighted by molar-refractivity contribution is -0.137. The molecule has 0 unspecified atom stereocenters. The third-order valence-corrected chi connectivity index (χ3v) is 4.89. The molecule has 1 aromatic carbocycles. The summed E-state index contributed by atoms with van der Waals surface area (Å²) in [6.07, 6.45) is 0.890. The van der Waals surface area contributed by atoms with Gasteiger partial charge in [0.25, 0.3) is 0 Å². The number of rotatable bonds is 6. The summed E-state index contributed by atoms with van der Waals surface area (Å²) in [5, 5.41) is 3.98. The normalized spacial score (nSPS) is 17.5. The van der Waals surface area contributed by atoms with Gasteiger partial charge in [-0.1, -0.05) is 12.1 Å². The van der Waals surface area contributed by atoms with Crippen molar-refractivity contribution in [2.45, 2.75) is 38.4 Å². The molecule has 1 amide bonds. The number of piperidine rings is 1. The van der Waals surface area contributed by atoms with Gasteiger partial charge in [-0.3, -0.25) is 14.3 Å². The number of amides is 1. The number of carbonyl (C=O) groups excluding carboxylic acids is 2. The summed E-state index contributed by atoms with van der Waals surface area (Å²) in [7, 11) is 0. The molecule has 1 atom stereocenters. The predicted octanol–water partition coefficient (Wildman–Crippen LogP) is 3.20. The fourth-order valence-corrected chi connectivity index (χ4v) is 3.38. The van der Waals surface area contributed by atoms with E-state index >= 15 is 0 Å². The van der Waals surface area contributed by atoms with Crippen LogP contribution in [-0.2, 0) is 17.5 Å². The third kappa shape index (κ3) is 4.96. The number of likely N-dealkylation sites (tertiary alicyclic amines) is 1. The highest BCUT2D eigenvalue weighted by Gasteiger charge is 2.32. The van der Waals surface area contributed by atoms with E-state index in [2.05, 4.69) is 10.1 Å². The van der Waals surface area contributed by atoms with E-state index in [1.807, 2.05) is 0 Å². The van der Waals surface area contributed by atoms with Crippen molar-refractivity contribution in [1.82, 2.24) is 19.7 Å². The number of hydrogen-bond donors (Lipinski definition) is 0. The summed E-state index contributed by atoms with van der Waals surface area (Å²) in [6, 6.07) is 4.26. The molecule has 0 aliphatic carbocycles. The largest absolute Gasteiger partial charge is 0.416 e. The molecule has 3 rings (SSSR count). The Hall–Kier alpha value is -2.71. The Balaban J connectivity index is 1.54. The van der Waals surface area contributed by atoms with E-state index in [4.69, 9.17) is 0 Å². The molecule has 1 aromatic heterocycles. The fraction of sp³-hybridized carbons (Fsp3) is 0.474. The fourth-order valence-electron chi connectivity index (χ4n) is 3.38. The van der Waals surface area contributed by atoms with Gasteiger partial charge in [0.2, 0.25) is 5.91 Å². The maximum atomic E-state index is 12.7. The highest BCUT2D eigenvalue weighted by atomic mass is 19.4. The first kappa shape index (κ1) is 20.0. The Kier molecular flexibility index (Phi) is 6.11. The van der Waals surface area contributed by atoms with E-state index < -0.39 is 11.7 Å². The van der Waals surface area contributed by atoms with Crippen LogP contribution in [0.15, 0.2) is 36.9 Å². The highest BCUT2D eigenvalue weighted by molar-refractivity contribution is 5.98. The zero-order valence-corrected chi connectivity index (χ0v) is 15.2. The van der Waals surface area contributed by atoms with Crippen LogP contribution < -0.4 is 0 Å². The van der Waals surface area contributed by atoms with Crippen molar-refractivity contribution in [3.05, 3.63) is 48.0 Å². The van der Waals surface area contributed by atoms with Gasteiger partial charge in [0, 0.05) is 37.5 Å². The van der Waals surface area contributed by atoms with Gasteiger partial charge >= 0.3 is 6.18 Å². The van der Waals surface area contributed by atoms with Crippen molar-refractivity contribution in [3.8, 4) is 0 Å². The van der Waals surface area contributed by atoms with Gasteiger partial charge < -0.3 is 4.90 Å². The molecular weight excluding hydrogens is 373 g/mol. The minimum absolute atomic E-state index is 0.0231. The molecule has 0 radical (unpaired) electrons. The second-order valence-corrected chi connectivity index (χ2v) is 6.88. The van der Waals surface area contributed by atoms with E-state index in [1.54, 1.807) is 15.9 Å². The number of hydrogen-bond acceptors (Lipinski definition) is 4. The molecule has 1 aliphatic rings. The molecule has 0 spiro atoms. The first-order valence-electron chi connectivity index (χ1n) is 9.16. The third-order valence-electron chi connectivity index (χ3n) is 4.89. The second kappa shape index (κ2) is 8.53. The van der Waals surface area contributed by atoms with Gasteiger partial charge in [0.15, 0.2) is 5.78 Å². The van der Waals surface area contributed by atoms with Crippen LogP contribution in [-0.4, -0.2) is 44.4 Å². The summed E-state index contributed by atoms with van der Waals surface area (Å²) in [5.74, 6) is -0.622. The van der Waals surface area contributed by atoms with Crippen LogP contribution in [0.2, 0.25) is 0 Å². The first-order chi connectivity index (χ1) is 13.3. The van der Waals surface area contributed by atoms with E-state index in [9.17, 15) is 22.8 Å². The van der Waals surface area contributed by atoms with E-state index in [0.717, 1.165) is 12.1 Å². The quantitative estimate of drug-likeness (QED) is 0.706. The number of benzene rings is 1. The van der Waals surface area contributed by atoms with Gasteiger partial charge in [-0.2, -0.15) is 18.3 Å². The van der Waals surface area contributed by atoms with Crippen LogP contribution in [0.3, 0.4) is 0 Å². The maximum Gasteiger partial charge on any atom is 0.416 e. The van der Waals surface area contributed by atoms with E-state index in [0.29, 0.717) is 45.3 Å². The number of alkyl halides is 3. The van der Waals surface area contributed by atoms with Crippen LogP contribution in [0.5, 0.6) is 0 Å². The van der Waals surface area contributed by atoms with Gasteiger partial charge in [-0.05, 0) is 31.4 Å². The lowest BCUT2D eigenvalue weighted by atomic mass is 9.89. The zero-order valence-electron chi connectivity index (χ0n) is 15.2. The van der Waals surface area contributed by atoms with Crippen molar-refractivity contribution in [1.29, 1.82) is 0 Å². The van der Waals surface area contributed by atoms with Crippen LogP contribution >= 0.6 is 0 Å². The number of carbonyl (C=O) groups is 2.